The number of esters is 1. The molecule has 106 valence electrons. The lowest BCUT2D eigenvalue weighted by atomic mass is 10.2. The monoisotopic (exact) mass is 288 g/mol. The number of methoxy groups -OCH3 is 1. The van der Waals surface area contributed by atoms with Crippen LogP contribution in [0.25, 0.3) is 0 Å². The average molecular weight is 288 g/mol. The van der Waals surface area contributed by atoms with Crippen LogP contribution < -0.4 is 0 Å². The minimum atomic E-state index is -3.93. The highest BCUT2D eigenvalue weighted by molar-refractivity contribution is 7.86. The van der Waals surface area contributed by atoms with Gasteiger partial charge in [0.15, 0.2) is 0 Å². The van der Waals surface area contributed by atoms with Gasteiger partial charge in [-0.25, -0.2) is 0 Å². The Labute approximate surface area is 112 Å². The molecule has 0 aliphatic heterocycles. The first kappa shape index (κ1) is 15.6. The first-order chi connectivity index (χ1) is 8.85. The van der Waals surface area contributed by atoms with Crippen LogP contribution in [-0.2, 0) is 23.8 Å². The molecule has 0 spiro atoms. The fourth-order valence-corrected chi connectivity index (χ4v) is 2.22. The van der Waals surface area contributed by atoms with Gasteiger partial charge < -0.3 is 9.84 Å². The van der Waals surface area contributed by atoms with Crippen molar-refractivity contribution in [3.8, 4) is 0 Å². The van der Waals surface area contributed by atoms with Crippen molar-refractivity contribution in [1.29, 1.82) is 0 Å². The van der Waals surface area contributed by atoms with Gasteiger partial charge in [0.25, 0.3) is 10.1 Å². The molecule has 19 heavy (non-hydrogen) atoms. The Morgan fingerprint density at radius 3 is 2.42 bits per heavy atom. The van der Waals surface area contributed by atoms with Crippen LogP contribution in [0, 0.1) is 6.92 Å². The maximum absolute atomic E-state index is 11.8. The number of benzene rings is 1. The fraction of sp³-hybridized carbons (Fsp3) is 0.417. The average Bonchev–Trinajstić information content (AvgIpc) is 2.37. The summed E-state index contributed by atoms with van der Waals surface area (Å²) >= 11 is 0. The van der Waals surface area contributed by atoms with E-state index in [4.69, 9.17) is 0 Å². The van der Waals surface area contributed by atoms with Crippen LogP contribution in [0.2, 0.25) is 0 Å². The lowest BCUT2D eigenvalue weighted by Gasteiger charge is -2.10. The largest absolute Gasteiger partial charge is 0.469 e. The van der Waals surface area contributed by atoms with Crippen LogP contribution in [0.15, 0.2) is 29.2 Å². The van der Waals surface area contributed by atoms with Gasteiger partial charge in [-0.1, -0.05) is 17.7 Å². The van der Waals surface area contributed by atoms with Crippen molar-refractivity contribution >= 4 is 16.1 Å². The summed E-state index contributed by atoms with van der Waals surface area (Å²) in [6.07, 6.45) is -1.55. The molecule has 7 heteroatoms. The minimum absolute atomic E-state index is 0.00312. The van der Waals surface area contributed by atoms with Gasteiger partial charge in [0.1, 0.15) is 0 Å². The molecule has 0 unspecified atom stereocenters. The Morgan fingerprint density at radius 2 is 1.89 bits per heavy atom. The van der Waals surface area contributed by atoms with Crippen LogP contribution in [0.4, 0.5) is 0 Å². The summed E-state index contributed by atoms with van der Waals surface area (Å²) in [5, 5.41) is 9.41. The Balaban J connectivity index is 2.61. The Bertz CT molecular complexity index is 520. The van der Waals surface area contributed by atoms with E-state index in [1.165, 1.54) is 19.2 Å². The van der Waals surface area contributed by atoms with Gasteiger partial charge in [-0.15, -0.1) is 0 Å². The molecule has 0 amide bonds. The van der Waals surface area contributed by atoms with E-state index in [1.807, 2.05) is 6.92 Å². The number of aryl methyl sites for hydroxylation is 1. The highest BCUT2D eigenvalue weighted by Crippen LogP contribution is 2.13. The smallest absolute Gasteiger partial charge is 0.308 e. The second-order valence-electron chi connectivity index (χ2n) is 3.99. The summed E-state index contributed by atoms with van der Waals surface area (Å²) in [5.41, 5.74) is 0.921. The highest BCUT2D eigenvalue weighted by Gasteiger charge is 2.19. The lowest BCUT2D eigenvalue weighted by Crippen LogP contribution is -2.22. The summed E-state index contributed by atoms with van der Waals surface area (Å²) in [6, 6.07) is 6.11. The van der Waals surface area contributed by atoms with E-state index in [1.54, 1.807) is 12.1 Å². The van der Waals surface area contributed by atoms with E-state index in [0.29, 0.717) is 0 Å². The van der Waals surface area contributed by atoms with Gasteiger partial charge in [-0.05, 0) is 19.1 Å². The molecule has 0 aromatic heterocycles. The molecule has 1 rings (SSSR count). The molecule has 0 radical (unpaired) electrons. The van der Waals surface area contributed by atoms with Crippen LogP contribution in [0.3, 0.4) is 0 Å². The summed E-state index contributed by atoms with van der Waals surface area (Å²) in [6.45, 7) is 1.34. The summed E-state index contributed by atoms with van der Waals surface area (Å²) in [7, 11) is -2.75. The maximum Gasteiger partial charge on any atom is 0.308 e. The molecule has 0 heterocycles. The Kier molecular flexibility index (Phi) is 5.46. The Hall–Kier alpha value is -1.44. The van der Waals surface area contributed by atoms with Gasteiger partial charge in [-0.2, -0.15) is 8.42 Å². The lowest BCUT2D eigenvalue weighted by molar-refractivity contribution is -0.143. The van der Waals surface area contributed by atoms with E-state index in [-0.39, 0.29) is 11.3 Å². The van der Waals surface area contributed by atoms with Crippen LogP contribution in [0.5, 0.6) is 0 Å². The predicted molar refractivity (Wildman–Crippen MR) is 67.0 cm³/mol. The molecule has 1 aromatic carbocycles. The van der Waals surface area contributed by atoms with Crippen LogP contribution in [0.1, 0.15) is 12.0 Å². The van der Waals surface area contributed by atoms with Gasteiger partial charge in [-0.3, -0.25) is 8.98 Å². The molecular weight excluding hydrogens is 272 g/mol. The second-order valence-corrected chi connectivity index (χ2v) is 5.60. The highest BCUT2D eigenvalue weighted by atomic mass is 32.2. The number of aliphatic hydroxyl groups excluding tert-OH is 1. The van der Waals surface area contributed by atoms with Crippen molar-refractivity contribution in [2.75, 3.05) is 13.7 Å². The number of aliphatic hydroxyl groups is 1. The van der Waals surface area contributed by atoms with E-state index in [0.717, 1.165) is 5.56 Å². The van der Waals surface area contributed by atoms with E-state index >= 15 is 0 Å². The third kappa shape index (κ3) is 4.98. The predicted octanol–water partition coefficient (Wildman–Crippen LogP) is 0.624. The molecule has 0 bridgehead atoms. The van der Waals surface area contributed by atoms with Gasteiger partial charge >= 0.3 is 5.97 Å². The Morgan fingerprint density at radius 1 is 1.32 bits per heavy atom. The summed E-state index contributed by atoms with van der Waals surface area (Å²) in [4.78, 5) is 10.9. The molecule has 0 aliphatic carbocycles. The normalized spacial score (nSPS) is 13.0. The standard InChI is InChI=1S/C12H16O6S/c1-9-3-5-11(6-4-9)19(15,16)18-8-10(13)7-12(14)17-2/h3-6,10,13H,7-8H2,1-2H3/t10-/m0/s1. The molecular formula is C12H16O6S. The van der Waals surface area contributed by atoms with Crippen molar-refractivity contribution in [2.24, 2.45) is 0 Å². The number of carbonyl (C=O) groups is 1. The molecule has 1 aromatic rings. The number of carbonyl (C=O) groups excluding carboxylic acids is 1. The molecule has 1 N–H and O–H groups in total. The summed E-state index contributed by atoms with van der Waals surface area (Å²) < 4.78 is 32.5. The van der Waals surface area contributed by atoms with Crippen molar-refractivity contribution in [1.82, 2.24) is 0 Å². The molecule has 0 fully saturated rings. The first-order valence-corrected chi connectivity index (χ1v) is 6.97. The molecule has 0 saturated heterocycles. The van der Waals surface area contributed by atoms with Crippen molar-refractivity contribution < 1.29 is 27.2 Å². The second kappa shape index (κ2) is 6.65. The van der Waals surface area contributed by atoms with E-state index in [9.17, 15) is 18.3 Å². The number of rotatable bonds is 6. The molecule has 1 atom stereocenters. The SMILES string of the molecule is COC(=O)C[C@H](O)COS(=O)(=O)c1ccc(C)cc1. The molecule has 0 aliphatic rings. The van der Waals surface area contributed by atoms with E-state index < -0.39 is 28.8 Å². The topological polar surface area (TPSA) is 89.9 Å². The summed E-state index contributed by atoms with van der Waals surface area (Å²) in [5.74, 6) is -0.635. The van der Waals surface area contributed by atoms with Gasteiger partial charge in [0, 0.05) is 0 Å². The van der Waals surface area contributed by atoms with E-state index in [2.05, 4.69) is 8.92 Å². The van der Waals surface area contributed by atoms with Crippen molar-refractivity contribution in [3.63, 3.8) is 0 Å². The van der Waals surface area contributed by atoms with Gasteiger partial charge in [0.2, 0.25) is 0 Å². The van der Waals surface area contributed by atoms with Gasteiger partial charge in [0.05, 0.1) is 31.1 Å². The maximum atomic E-state index is 11.8. The number of hydrogen-bond acceptors (Lipinski definition) is 6. The van der Waals surface area contributed by atoms with Crippen molar-refractivity contribution in [3.05, 3.63) is 29.8 Å². The molecule has 6 nitrogen and oxygen atoms in total. The first-order valence-electron chi connectivity index (χ1n) is 5.56. The quantitative estimate of drug-likeness (QED) is 0.610. The third-order valence-corrected chi connectivity index (χ3v) is 3.65. The zero-order valence-corrected chi connectivity index (χ0v) is 11.5. The number of ether oxygens (including phenoxy) is 1. The minimum Gasteiger partial charge on any atom is -0.469 e. The zero-order chi connectivity index (χ0) is 14.5. The number of hydrogen-bond donors (Lipinski definition) is 1. The third-order valence-electron chi connectivity index (χ3n) is 2.36. The van der Waals surface area contributed by atoms with Crippen molar-refractivity contribution in [2.45, 2.75) is 24.3 Å². The molecule has 0 saturated carbocycles. The zero-order valence-electron chi connectivity index (χ0n) is 10.7. The van der Waals surface area contributed by atoms with Crippen LogP contribution >= 0.6 is 0 Å². The fourth-order valence-electron chi connectivity index (χ4n) is 1.28. The van der Waals surface area contributed by atoms with Crippen LogP contribution in [-0.4, -0.2) is 39.3 Å².